The van der Waals surface area contributed by atoms with Crippen molar-refractivity contribution in [3.63, 3.8) is 0 Å². The number of nitrogens with zero attached hydrogens (tertiary/aromatic N) is 5. The Labute approximate surface area is 243 Å². The molecule has 0 spiro atoms. The fourth-order valence-electron chi connectivity index (χ4n) is 6.93. The molecule has 1 aliphatic heterocycles. The number of carbonyl (C=O) groups excluding carboxylic acids is 2. The third-order valence-electron chi connectivity index (χ3n) is 8.98. The molecule has 7 rings (SSSR count). The van der Waals surface area contributed by atoms with Crippen LogP contribution in [0.25, 0.3) is 27.5 Å². The number of carbonyl (C=O) groups is 2. The number of benzene rings is 1. The Bertz CT molecular complexity index is 1580. The largest absolute Gasteiger partial charge is 0.339 e. The minimum atomic E-state index is -0.135. The van der Waals surface area contributed by atoms with E-state index in [-0.39, 0.29) is 11.8 Å². The van der Waals surface area contributed by atoms with Crippen molar-refractivity contribution >= 4 is 28.3 Å². The molecule has 4 aromatic rings. The molecule has 9 heteroatoms. The first-order chi connectivity index (χ1) is 20.0. The van der Waals surface area contributed by atoms with Crippen molar-refractivity contribution in [2.45, 2.75) is 58.3 Å². The van der Waals surface area contributed by atoms with E-state index in [0.717, 1.165) is 89.4 Å². The summed E-state index contributed by atoms with van der Waals surface area (Å²) in [6.07, 6.45) is 12.9. The van der Waals surface area contributed by atoms with Gasteiger partial charge in [-0.05, 0) is 73.9 Å². The van der Waals surface area contributed by atoms with Crippen molar-refractivity contribution in [2.75, 3.05) is 18.4 Å². The monoisotopic (exact) mass is 566 g/mol. The van der Waals surface area contributed by atoms with E-state index >= 15 is 0 Å². The highest BCUT2D eigenvalue weighted by atomic mass is 32.1. The molecule has 2 aliphatic carbocycles. The minimum absolute atomic E-state index is 0.115. The number of aromatic nitrogens is 4. The summed E-state index contributed by atoms with van der Waals surface area (Å²) < 4.78 is 1.97. The zero-order chi connectivity index (χ0) is 27.9. The van der Waals surface area contributed by atoms with Gasteiger partial charge in [0.25, 0.3) is 5.91 Å². The maximum absolute atomic E-state index is 13.4. The van der Waals surface area contributed by atoms with Crippen LogP contribution in [0.15, 0.2) is 48.8 Å². The molecule has 3 aliphatic rings. The van der Waals surface area contributed by atoms with Gasteiger partial charge in [-0.1, -0.05) is 37.0 Å². The number of nitrogens with one attached hydrogen (secondary N) is 1. The lowest BCUT2D eigenvalue weighted by Crippen LogP contribution is -2.39. The summed E-state index contributed by atoms with van der Waals surface area (Å²) >= 11 is 1.48. The second-order valence-corrected chi connectivity index (χ2v) is 12.5. The SMILES string of the molecule is CC(=O)Nc1nc2c(s1)-c1c(c(-c3cccnc3)nn1-c1ccc(C(=O)N3CCC(C4CCCC4)CC3)cc1)CC2. The van der Waals surface area contributed by atoms with Crippen molar-refractivity contribution in [2.24, 2.45) is 11.8 Å². The van der Waals surface area contributed by atoms with Gasteiger partial charge < -0.3 is 10.2 Å². The molecule has 0 unspecified atom stereocenters. The second-order valence-electron chi connectivity index (χ2n) is 11.5. The molecule has 3 aromatic heterocycles. The second kappa shape index (κ2) is 10.9. The first kappa shape index (κ1) is 26.1. The van der Waals surface area contributed by atoms with Crippen LogP contribution >= 0.6 is 11.3 Å². The van der Waals surface area contributed by atoms with Gasteiger partial charge in [0.15, 0.2) is 5.13 Å². The normalized spacial score (nSPS) is 17.3. The predicted molar refractivity (Wildman–Crippen MR) is 160 cm³/mol. The summed E-state index contributed by atoms with van der Waals surface area (Å²) in [5.74, 6) is 1.64. The van der Waals surface area contributed by atoms with E-state index in [2.05, 4.69) is 10.3 Å². The van der Waals surface area contributed by atoms with Gasteiger partial charge in [0.1, 0.15) is 0 Å². The number of hydrogen-bond donors (Lipinski definition) is 1. The number of likely N-dealkylation sites (tertiary alicyclic amines) is 1. The van der Waals surface area contributed by atoms with Crippen LogP contribution in [0.1, 0.15) is 67.1 Å². The Kier molecular flexibility index (Phi) is 6.90. The molecule has 1 aromatic carbocycles. The molecular weight excluding hydrogens is 532 g/mol. The average Bonchev–Trinajstić information content (AvgIpc) is 3.76. The van der Waals surface area contributed by atoms with Crippen molar-refractivity contribution < 1.29 is 9.59 Å². The fourth-order valence-corrected chi connectivity index (χ4v) is 8.04. The number of amides is 2. The molecule has 0 bridgehead atoms. The van der Waals surface area contributed by atoms with Gasteiger partial charge in [0.2, 0.25) is 5.91 Å². The molecule has 2 fully saturated rings. The van der Waals surface area contributed by atoms with E-state index in [9.17, 15) is 9.59 Å². The number of aryl methyl sites for hydroxylation is 1. The van der Waals surface area contributed by atoms with Crippen molar-refractivity contribution in [1.29, 1.82) is 0 Å². The molecule has 1 N–H and O–H groups in total. The number of thiazole rings is 1. The summed E-state index contributed by atoms with van der Waals surface area (Å²) in [5.41, 5.74) is 6.58. The van der Waals surface area contributed by atoms with Crippen LogP contribution in [0.5, 0.6) is 0 Å². The third-order valence-corrected chi connectivity index (χ3v) is 10.00. The average molecular weight is 567 g/mol. The summed E-state index contributed by atoms with van der Waals surface area (Å²) in [7, 11) is 0. The standard InChI is InChI=1S/C32H34N6O2S/c1-20(39)34-32-35-27-13-12-26-28(24-7-4-16-33-19-24)36-38(29(26)30(27)41-32)25-10-8-23(9-11-25)31(40)37-17-14-22(15-18-37)21-5-2-3-6-21/h4,7-11,16,19,21-22H,2-3,5-6,12-15,17-18H2,1H3,(H,34,35,39). The molecule has 1 saturated heterocycles. The molecule has 4 heterocycles. The fraction of sp³-hybridized carbons (Fsp3) is 0.406. The lowest BCUT2D eigenvalue weighted by atomic mass is 9.83. The Hall–Kier alpha value is -3.85. The number of hydrogen-bond acceptors (Lipinski definition) is 6. The molecule has 0 radical (unpaired) electrons. The highest BCUT2D eigenvalue weighted by molar-refractivity contribution is 7.19. The van der Waals surface area contributed by atoms with Gasteiger partial charge in [0.05, 0.1) is 27.6 Å². The molecule has 1 saturated carbocycles. The Morgan fingerprint density at radius 2 is 1.73 bits per heavy atom. The van der Waals surface area contributed by atoms with E-state index in [0.29, 0.717) is 10.7 Å². The molecule has 2 amide bonds. The van der Waals surface area contributed by atoms with E-state index in [1.54, 1.807) is 6.20 Å². The van der Waals surface area contributed by atoms with Crippen LogP contribution in [-0.2, 0) is 17.6 Å². The van der Waals surface area contributed by atoms with E-state index in [1.165, 1.54) is 43.9 Å². The first-order valence-corrected chi connectivity index (χ1v) is 15.6. The number of anilines is 1. The van der Waals surface area contributed by atoms with Crippen molar-refractivity contribution in [1.82, 2.24) is 24.6 Å². The molecule has 210 valence electrons. The number of piperidine rings is 1. The summed E-state index contributed by atoms with van der Waals surface area (Å²) in [5, 5.41) is 8.53. The van der Waals surface area contributed by atoms with Gasteiger partial charge in [-0.3, -0.25) is 14.6 Å². The van der Waals surface area contributed by atoms with Crippen LogP contribution in [0, 0.1) is 11.8 Å². The van der Waals surface area contributed by atoms with E-state index in [1.807, 2.05) is 52.2 Å². The maximum Gasteiger partial charge on any atom is 0.253 e. The van der Waals surface area contributed by atoms with Crippen LogP contribution < -0.4 is 5.32 Å². The van der Waals surface area contributed by atoms with Gasteiger partial charge in [-0.2, -0.15) is 5.10 Å². The highest BCUT2D eigenvalue weighted by Gasteiger charge is 2.32. The summed E-state index contributed by atoms with van der Waals surface area (Å²) in [4.78, 5) is 37.2. The Morgan fingerprint density at radius 1 is 0.976 bits per heavy atom. The Balaban J connectivity index is 1.19. The first-order valence-electron chi connectivity index (χ1n) is 14.7. The minimum Gasteiger partial charge on any atom is -0.339 e. The molecule has 0 atom stereocenters. The number of fused-ring (bicyclic) bond motifs is 3. The number of pyridine rings is 1. The van der Waals surface area contributed by atoms with Gasteiger partial charge in [-0.15, -0.1) is 0 Å². The maximum atomic E-state index is 13.4. The predicted octanol–water partition coefficient (Wildman–Crippen LogP) is 6.16. The van der Waals surface area contributed by atoms with Gasteiger partial charge in [0, 0.05) is 49.1 Å². The van der Waals surface area contributed by atoms with Crippen LogP contribution in [0.4, 0.5) is 5.13 Å². The van der Waals surface area contributed by atoms with Crippen LogP contribution in [0.2, 0.25) is 0 Å². The lowest BCUT2D eigenvalue weighted by Gasteiger charge is -2.35. The third kappa shape index (κ3) is 4.96. The summed E-state index contributed by atoms with van der Waals surface area (Å²) in [6.45, 7) is 3.21. The van der Waals surface area contributed by atoms with Crippen LogP contribution in [-0.4, -0.2) is 49.6 Å². The lowest BCUT2D eigenvalue weighted by molar-refractivity contribution is -0.114. The van der Waals surface area contributed by atoms with Gasteiger partial charge >= 0.3 is 0 Å². The van der Waals surface area contributed by atoms with E-state index in [4.69, 9.17) is 10.1 Å². The quantitative estimate of drug-likeness (QED) is 0.312. The number of rotatable bonds is 5. The van der Waals surface area contributed by atoms with Crippen molar-refractivity contribution in [3.05, 3.63) is 65.6 Å². The Morgan fingerprint density at radius 3 is 2.44 bits per heavy atom. The van der Waals surface area contributed by atoms with E-state index < -0.39 is 0 Å². The van der Waals surface area contributed by atoms with Gasteiger partial charge in [-0.25, -0.2) is 9.67 Å². The molecular formula is C32H34N6O2S. The molecule has 41 heavy (non-hydrogen) atoms. The van der Waals surface area contributed by atoms with Crippen molar-refractivity contribution in [3.8, 4) is 27.5 Å². The topological polar surface area (TPSA) is 93.0 Å². The highest BCUT2D eigenvalue weighted by Crippen LogP contribution is 2.44. The zero-order valence-corrected chi connectivity index (χ0v) is 24.1. The van der Waals surface area contributed by atoms with Crippen LogP contribution in [0.3, 0.4) is 0 Å². The summed E-state index contributed by atoms with van der Waals surface area (Å²) in [6, 6.07) is 11.8. The zero-order valence-electron chi connectivity index (χ0n) is 23.3. The molecule has 8 nitrogen and oxygen atoms in total. The smallest absolute Gasteiger partial charge is 0.253 e.